The summed E-state index contributed by atoms with van der Waals surface area (Å²) in [6.07, 6.45) is 8.55. The first-order chi connectivity index (χ1) is 7.24. The normalized spacial score (nSPS) is 10.8. The summed E-state index contributed by atoms with van der Waals surface area (Å²) in [6.45, 7) is 1.81. The highest BCUT2D eigenvalue weighted by atomic mass is 79.9. The SMILES string of the molecule is Brc1cnn(CCCn2cc(Br)cn2)c1. The molecule has 15 heavy (non-hydrogen) atoms. The van der Waals surface area contributed by atoms with Gasteiger partial charge in [0.05, 0.1) is 21.3 Å². The van der Waals surface area contributed by atoms with Crippen molar-refractivity contribution >= 4 is 31.9 Å². The Balaban J connectivity index is 1.80. The van der Waals surface area contributed by atoms with Crippen LogP contribution in [0.25, 0.3) is 0 Å². The zero-order valence-corrected chi connectivity index (χ0v) is 11.1. The van der Waals surface area contributed by atoms with Gasteiger partial charge in [-0.2, -0.15) is 10.2 Å². The average Bonchev–Trinajstić information content (AvgIpc) is 2.76. The van der Waals surface area contributed by atoms with E-state index in [2.05, 4.69) is 42.1 Å². The highest BCUT2D eigenvalue weighted by Crippen LogP contribution is 2.08. The van der Waals surface area contributed by atoms with Gasteiger partial charge in [-0.25, -0.2) is 0 Å². The second-order valence-electron chi connectivity index (χ2n) is 3.20. The van der Waals surface area contributed by atoms with Crippen molar-refractivity contribution in [3.05, 3.63) is 33.7 Å². The van der Waals surface area contributed by atoms with E-state index in [1.54, 1.807) is 12.4 Å². The van der Waals surface area contributed by atoms with Crippen LogP contribution in [-0.2, 0) is 13.1 Å². The lowest BCUT2D eigenvalue weighted by Crippen LogP contribution is -2.04. The van der Waals surface area contributed by atoms with Gasteiger partial charge in [-0.05, 0) is 38.3 Å². The third kappa shape index (κ3) is 3.17. The predicted molar refractivity (Wildman–Crippen MR) is 64.5 cm³/mol. The molecule has 4 nitrogen and oxygen atoms in total. The van der Waals surface area contributed by atoms with Crippen LogP contribution in [-0.4, -0.2) is 19.6 Å². The predicted octanol–water partition coefficient (Wildman–Crippen LogP) is 2.69. The molecule has 0 fully saturated rings. The fourth-order valence-electron chi connectivity index (χ4n) is 1.32. The third-order valence-corrected chi connectivity index (χ3v) is 2.80. The van der Waals surface area contributed by atoms with Crippen molar-refractivity contribution in [2.75, 3.05) is 0 Å². The Bertz CT molecular complexity index is 395. The van der Waals surface area contributed by atoms with E-state index in [0.29, 0.717) is 0 Å². The Kier molecular flexibility index (Phi) is 3.58. The smallest absolute Gasteiger partial charge is 0.0632 e. The van der Waals surface area contributed by atoms with Crippen molar-refractivity contribution < 1.29 is 0 Å². The highest BCUT2D eigenvalue weighted by molar-refractivity contribution is 9.10. The molecule has 80 valence electrons. The minimum absolute atomic E-state index is 0.906. The molecule has 0 unspecified atom stereocenters. The van der Waals surface area contributed by atoms with Crippen LogP contribution >= 0.6 is 31.9 Å². The molecule has 0 aromatic carbocycles. The summed E-state index contributed by atoms with van der Waals surface area (Å²) in [5, 5.41) is 8.37. The molecular weight excluding hydrogens is 324 g/mol. The Morgan fingerprint density at radius 2 is 1.40 bits per heavy atom. The number of nitrogens with zero attached hydrogens (tertiary/aromatic N) is 4. The molecule has 0 atom stereocenters. The van der Waals surface area contributed by atoms with Crippen molar-refractivity contribution in [1.29, 1.82) is 0 Å². The van der Waals surface area contributed by atoms with Gasteiger partial charge in [0.25, 0.3) is 0 Å². The Morgan fingerprint density at radius 1 is 0.933 bits per heavy atom. The molecular formula is C9H10Br2N4. The van der Waals surface area contributed by atoms with Crippen LogP contribution in [0.3, 0.4) is 0 Å². The number of aryl methyl sites for hydroxylation is 2. The molecule has 0 saturated carbocycles. The molecule has 0 aliphatic heterocycles. The molecule has 0 N–H and O–H groups in total. The van der Waals surface area contributed by atoms with Gasteiger partial charge in [-0.3, -0.25) is 9.36 Å². The van der Waals surface area contributed by atoms with Gasteiger partial charge >= 0.3 is 0 Å². The van der Waals surface area contributed by atoms with Crippen molar-refractivity contribution in [2.45, 2.75) is 19.5 Å². The maximum Gasteiger partial charge on any atom is 0.0632 e. The van der Waals surface area contributed by atoms with E-state index in [9.17, 15) is 0 Å². The average molecular weight is 334 g/mol. The molecule has 2 rings (SSSR count). The van der Waals surface area contributed by atoms with Crippen LogP contribution in [0.1, 0.15) is 6.42 Å². The quantitative estimate of drug-likeness (QED) is 0.862. The number of halogens is 2. The second-order valence-corrected chi connectivity index (χ2v) is 5.03. The summed E-state index contributed by atoms with van der Waals surface area (Å²) in [7, 11) is 0. The van der Waals surface area contributed by atoms with Crippen molar-refractivity contribution in [3.8, 4) is 0 Å². The van der Waals surface area contributed by atoms with Crippen LogP contribution in [0.2, 0.25) is 0 Å². The third-order valence-electron chi connectivity index (χ3n) is 1.98. The molecule has 0 radical (unpaired) electrons. The Labute approximate surface area is 105 Å². The summed E-state index contributed by atoms with van der Waals surface area (Å²) in [5.41, 5.74) is 0. The van der Waals surface area contributed by atoms with Crippen molar-refractivity contribution in [1.82, 2.24) is 19.6 Å². The topological polar surface area (TPSA) is 35.6 Å². The maximum atomic E-state index is 4.18. The zero-order valence-electron chi connectivity index (χ0n) is 7.98. The van der Waals surface area contributed by atoms with Crippen molar-refractivity contribution in [3.63, 3.8) is 0 Å². The Morgan fingerprint density at radius 3 is 1.73 bits per heavy atom. The number of aromatic nitrogens is 4. The summed E-state index contributed by atoms with van der Waals surface area (Å²) < 4.78 is 5.87. The van der Waals surface area contributed by atoms with E-state index in [0.717, 1.165) is 28.5 Å². The molecule has 0 spiro atoms. The van der Waals surface area contributed by atoms with Gasteiger partial charge in [-0.1, -0.05) is 0 Å². The van der Waals surface area contributed by atoms with E-state index in [-0.39, 0.29) is 0 Å². The molecule has 0 amide bonds. The summed E-state index contributed by atoms with van der Waals surface area (Å²) in [5.74, 6) is 0. The number of hydrogen-bond donors (Lipinski definition) is 0. The Hall–Kier alpha value is -0.620. The van der Waals surface area contributed by atoms with Gasteiger partial charge < -0.3 is 0 Å². The van der Waals surface area contributed by atoms with E-state index in [1.165, 1.54) is 0 Å². The molecule has 0 aliphatic carbocycles. The van der Waals surface area contributed by atoms with E-state index >= 15 is 0 Å². The van der Waals surface area contributed by atoms with Gasteiger partial charge in [-0.15, -0.1) is 0 Å². The second kappa shape index (κ2) is 4.94. The van der Waals surface area contributed by atoms with Crippen LogP contribution < -0.4 is 0 Å². The highest BCUT2D eigenvalue weighted by Gasteiger charge is 1.97. The van der Waals surface area contributed by atoms with E-state index < -0.39 is 0 Å². The molecule has 6 heteroatoms. The molecule has 2 aromatic rings. The minimum atomic E-state index is 0.906. The lowest BCUT2D eigenvalue weighted by atomic mass is 10.4. The van der Waals surface area contributed by atoms with Crippen LogP contribution in [0.15, 0.2) is 33.7 Å². The van der Waals surface area contributed by atoms with Crippen LogP contribution in [0, 0.1) is 0 Å². The lowest BCUT2D eigenvalue weighted by Gasteiger charge is -2.01. The first-order valence-electron chi connectivity index (χ1n) is 4.60. The fraction of sp³-hybridized carbons (Fsp3) is 0.333. The van der Waals surface area contributed by atoms with Gasteiger partial charge in [0, 0.05) is 25.5 Å². The monoisotopic (exact) mass is 332 g/mol. The fourth-order valence-corrected chi connectivity index (χ4v) is 1.97. The standard InChI is InChI=1S/C9H10Br2N4/c10-8-4-12-14(6-8)2-1-3-15-7-9(11)5-13-15/h4-7H,1-3H2. The van der Waals surface area contributed by atoms with Crippen LogP contribution in [0.5, 0.6) is 0 Å². The van der Waals surface area contributed by atoms with E-state index in [4.69, 9.17) is 0 Å². The number of hydrogen-bond acceptors (Lipinski definition) is 2. The molecule has 2 aromatic heterocycles. The molecule has 0 saturated heterocycles. The molecule has 2 heterocycles. The van der Waals surface area contributed by atoms with E-state index in [1.807, 2.05) is 21.8 Å². The zero-order chi connectivity index (χ0) is 10.7. The first kappa shape index (κ1) is 10.9. The van der Waals surface area contributed by atoms with Gasteiger partial charge in [0.2, 0.25) is 0 Å². The first-order valence-corrected chi connectivity index (χ1v) is 6.18. The summed E-state index contributed by atoms with van der Waals surface area (Å²) in [6, 6.07) is 0. The molecule has 0 bridgehead atoms. The van der Waals surface area contributed by atoms with Gasteiger partial charge in [0.15, 0.2) is 0 Å². The largest absolute Gasteiger partial charge is 0.272 e. The van der Waals surface area contributed by atoms with Crippen molar-refractivity contribution in [2.24, 2.45) is 0 Å². The minimum Gasteiger partial charge on any atom is -0.272 e. The lowest BCUT2D eigenvalue weighted by molar-refractivity contribution is 0.500. The summed E-state index contributed by atoms with van der Waals surface area (Å²) >= 11 is 6.73. The van der Waals surface area contributed by atoms with Gasteiger partial charge in [0.1, 0.15) is 0 Å². The summed E-state index contributed by atoms with van der Waals surface area (Å²) in [4.78, 5) is 0. The van der Waals surface area contributed by atoms with Crippen LogP contribution in [0.4, 0.5) is 0 Å². The number of rotatable bonds is 4. The molecule has 0 aliphatic rings. The maximum absolute atomic E-state index is 4.18.